The van der Waals surface area contributed by atoms with Crippen LogP contribution in [0.15, 0.2) is 0 Å². The molecule has 14 heavy (non-hydrogen) atoms. The second-order valence-corrected chi connectivity index (χ2v) is 5.26. The molecule has 0 bridgehead atoms. The molecule has 1 fully saturated rings. The number of hydrogen-bond acceptors (Lipinski definition) is 1. The predicted octanol–water partition coefficient (Wildman–Crippen LogP) is 3.45. The minimum absolute atomic E-state index is 0.740. The molecular formula is C13H27N. The minimum atomic E-state index is 0.740. The maximum absolute atomic E-state index is 3.52. The van der Waals surface area contributed by atoms with Crippen molar-refractivity contribution < 1.29 is 0 Å². The third kappa shape index (κ3) is 2.98. The predicted molar refractivity (Wildman–Crippen MR) is 63.4 cm³/mol. The molecule has 3 atom stereocenters. The SMILES string of the molecule is CCC1CCCC(C(NC)C(C)C)C1. The van der Waals surface area contributed by atoms with Gasteiger partial charge in [-0.3, -0.25) is 0 Å². The Labute approximate surface area is 89.7 Å². The number of hydrogen-bond donors (Lipinski definition) is 1. The lowest BCUT2D eigenvalue weighted by molar-refractivity contribution is 0.185. The summed E-state index contributed by atoms with van der Waals surface area (Å²) in [6.45, 7) is 7.03. The molecule has 1 aliphatic carbocycles. The van der Waals surface area contributed by atoms with Crippen molar-refractivity contribution in [1.82, 2.24) is 5.32 Å². The summed E-state index contributed by atoms with van der Waals surface area (Å²) in [7, 11) is 2.13. The van der Waals surface area contributed by atoms with Crippen LogP contribution >= 0.6 is 0 Å². The van der Waals surface area contributed by atoms with E-state index in [2.05, 4.69) is 33.1 Å². The Kier molecular flexibility index (Phi) is 4.94. The molecule has 1 saturated carbocycles. The quantitative estimate of drug-likeness (QED) is 0.728. The van der Waals surface area contributed by atoms with Gasteiger partial charge in [-0.1, -0.05) is 40.0 Å². The first-order valence-corrected chi connectivity index (χ1v) is 6.36. The van der Waals surface area contributed by atoms with Crippen molar-refractivity contribution in [3.8, 4) is 0 Å². The molecule has 0 aromatic carbocycles. The van der Waals surface area contributed by atoms with Crippen molar-refractivity contribution in [2.75, 3.05) is 7.05 Å². The van der Waals surface area contributed by atoms with E-state index in [0.29, 0.717) is 0 Å². The fourth-order valence-corrected chi connectivity index (χ4v) is 3.14. The summed E-state index contributed by atoms with van der Waals surface area (Å²) in [5.41, 5.74) is 0. The molecule has 0 heterocycles. The molecule has 1 rings (SSSR count). The average molecular weight is 197 g/mol. The number of nitrogens with one attached hydrogen (secondary N) is 1. The highest BCUT2D eigenvalue weighted by Gasteiger charge is 2.28. The maximum Gasteiger partial charge on any atom is 0.0115 e. The Morgan fingerprint density at radius 1 is 1.29 bits per heavy atom. The molecule has 3 unspecified atom stereocenters. The summed E-state index contributed by atoms with van der Waals surface area (Å²) in [4.78, 5) is 0. The van der Waals surface area contributed by atoms with Crippen molar-refractivity contribution in [2.24, 2.45) is 17.8 Å². The monoisotopic (exact) mass is 197 g/mol. The van der Waals surface area contributed by atoms with Crippen molar-refractivity contribution in [2.45, 2.75) is 58.9 Å². The minimum Gasteiger partial charge on any atom is -0.316 e. The van der Waals surface area contributed by atoms with Crippen LogP contribution in [0.4, 0.5) is 0 Å². The molecule has 0 aliphatic heterocycles. The van der Waals surface area contributed by atoms with Gasteiger partial charge in [0.15, 0.2) is 0 Å². The lowest BCUT2D eigenvalue weighted by Gasteiger charge is -2.36. The molecule has 1 heteroatoms. The van der Waals surface area contributed by atoms with Crippen molar-refractivity contribution in [3.05, 3.63) is 0 Å². The summed E-state index contributed by atoms with van der Waals surface area (Å²) in [6, 6.07) is 0.740. The zero-order valence-corrected chi connectivity index (χ0v) is 10.3. The summed E-state index contributed by atoms with van der Waals surface area (Å²) in [5.74, 6) is 2.71. The van der Waals surface area contributed by atoms with Crippen LogP contribution in [0.25, 0.3) is 0 Å². The fourth-order valence-electron chi connectivity index (χ4n) is 3.14. The number of rotatable bonds is 4. The van der Waals surface area contributed by atoms with Gasteiger partial charge in [0.1, 0.15) is 0 Å². The topological polar surface area (TPSA) is 12.0 Å². The standard InChI is InChI=1S/C13H27N/c1-5-11-7-6-8-12(9-11)13(14-4)10(2)3/h10-14H,5-9H2,1-4H3. The molecule has 0 aromatic heterocycles. The Bertz CT molecular complexity index is 153. The molecule has 1 nitrogen and oxygen atoms in total. The van der Waals surface area contributed by atoms with Crippen LogP contribution < -0.4 is 5.32 Å². The molecule has 0 spiro atoms. The smallest absolute Gasteiger partial charge is 0.0115 e. The van der Waals surface area contributed by atoms with Crippen LogP contribution in [0, 0.1) is 17.8 Å². The van der Waals surface area contributed by atoms with E-state index in [1.807, 2.05) is 0 Å². The van der Waals surface area contributed by atoms with Crippen molar-refractivity contribution >= 4 is 0 Å². The van der Waals surface area contributed by atoms with Gasteiger partial charge < -0.3 is 5.32 Å². The van der Waals surface area contributed by atoms with Gasteiger partial charge in [0.2, 0.25) is 0 Å². The highest BCUT2D eigenvalue weighted by Crippen LogP contribution is 2.34. The van der Waals surface area contributed by atoms with Gasteiger partial charge >= 0.3 is 0 Å². The van der Waals surface area contributed by atoms with E-state index in [-0.39, 0.29) is 0 Å². The van der Waals surface area contributed by atoms with Gasteiger partial charge in [-0.2, -0.15) is 0 Å². The molecule has 1 N–H and O–H groups in total. The van der Waals surface area contributed by atoms with E-state index in [9.17, 15) is 0 Å². The Hall–Kier alpha value is -0.0400. The summed E-state index contributed by atoms with van der Waals surface area (Å²) < 4.78 is 0. The third-order valence-electron chi connectivity index (χ3n) is 3.96. The van der Waals surface area contributed by atoms with E-state index in [0.717, 1.165) is 23.8 Å². The largest absolute Gasteiger partial charge is 0.316 e. The van der Waals surface area contributed by atoms with Gasteiger partial charge in [0, 0.05) is 6.04 Å². The van der Waals surface area contributed by atoms with Crippen molar-refractivity contribution in [3.63, 3.8) is 0 Å². The van der Waals surface area contributed by atoms with Gasteiger partial charge in [0.05, 0.1) is 0 Å². The first-order chi connectivity index (χ1) is 6.69. The van der Waals surface area contributed by atoms with E-state index >= 15 is 0 Å². The highest BCUT2D eigenvalue weighted by atomic mass is 14.9. The first-order valence-electron chi connectivity index (χ1n) is 6.36. The van der Waals surface area contributed by atoms with E-state index < -0.39 is 0 Å². The van der Waals surface area contributed by atoms with Crippen LogP contribution in [0.1, 0.15) is 52.9 Å². The summed E-state index contributed by atoms with van der Waals surface area (Å²) in [6.07, 6.45) is 7.21. The molecule has 84 valence electrons. The fraction of sp³-hybridized carbons (Fsp3) is 1.00. The van der Waals surface area contributed by atoms with E-state index in [1.54, 1.807) is 0 Å². The van der Waals surface area contributed by atoms with E-state index in [1.165, 1.54) is 32.1 Å². The normalized spacial score (nSPS) is 30.6. The lowest BCUT2D eigenvalue weighted by atomic mass is 9.74. The molecule has 0 aromatic rings. The average Bonchev–Trinajstić information content (AvgIpc) is 2.19. The van der Waals surface area contributed by atoms with Crippen LogP contribution in [-0.4, -0.2) is 13.1 Å². The Balaban J connectivity index is 2.48. The summed E-state index contributed by atoms with van der Waals surface area (Å²) in [5, 5.41) is 3.52. The highest BCUT2D eigenvalue weighted by molar-refractivity contribution is 4.83. The molecule has 0 radical (unpaired) electrons. The van der Waals surface area contributed by atoms with Crippen LogP contribution in [0.5, 0.6) is 0 Å². The Morgan fingerprint density at radius 3 is 2.50 bits per heavy atom. The molecule has 0 saturated heterocycles. The van der Waals surface area contributed by atoms with Gasteiger partial charge in [-0.25, -0.2) is 0 Å². The molecule has 1 aliphatic rings. The van der Waals surface area contributed by atoms with Gasteiger partial charge in [0.25, 0.3) is 0 Å². The first kappa shape index (κ1) is 12.0. The van der Waals surface area contributed by atoms with Gasteiger partial charge in [-0.15, -0.1) is 0 Å². The zero-order valence-electron chi connectivity index (χ0n) is 10.3. The van der Waals surface area contributed by atoms with Crippen LogP contribution in [-0.2, 0) is 0 Å². The summed E-state index contributed by atoms with van der Waals surface area (Å²) >= 11 is 0. The zero-order chi connectivity index (χ0) is 10.6. The second kappa shape index (κ2) is 5.75. The lowest BCUT2D eigenvalue weighted by Crippen LogP contribution is -2.40. The Morgan fingerprint density at radius 2 is 2.00 bits per heavy atom. The van der Waals surface area contributed by atoms with Crippen LogP contribution in [0.2, 0.25) is 0 Å². The van der Waals surface area contributed by atoms with Crippen LogP contribution in [0.3, 0.4) is 0 Å². The molecular weight excluding hydrogens is 170 g/mol. The van der Waals surface area contributed by atoms with Gasteiger partial charge in [-0.05, 0) is 37.6 Å². The second-order valence-electron chi connectivity index (χ2n) is 5.26. The molecule has 0 amide bonds. The van der Waals surface area contributed by atoms with E-state index in [4.69, 9.17) is 0 Å². The van der Waals surface area contributed by atoms with Crippen molar-refractivity contribution in [1.29, 1.82) is 0 Å². The maximum atomic E-state index is 3.52. The third-order valence-corrected chi connectivity index (χ3v) is 3.96.